The third-order valence-electron chi connectivity index (χ3n) is 8.65. The first-order valence-corrected chi connectivity index (χ1v) is 18.7. The molecule has 0 aliphatic carbocycles. The molecule has 0 saturated carbocycles. The molecule has 0 spiro atoms. The molecule has 3 aliphatic rings. The third-order valence-corrected chi connectivity index (χ3v) is 10.7. The Morgan fingerprint density at radius 2 is 1.36 bits per heavy atom. The van der Waals surface area contributed by atoms with Gasteiger partial charge in [-0.05, 0) is 109 Å². The van der Waals surface area contributed by atoms with Crippen LogP contribution in [-0.4, -0.2) is 90.9 Å². The van der Waals surface area contributed by atoms with Crippen molar-refractivity contribution in [2.24, 2.45) is 4.99 Å². The summed E-state index contributed by atoms with van der Waals surface area (Å²) in [5.41, 5.74) is 1.61. The van der Waals surface area contributed by atoms with Gasteiger partial charge in [0.1, 0.15) is 28.7 Å². The number of benzene rings is 4. The van der Waals surface area contributed by atoms with Gasteiger partial charge in [-0.15, -0.1) is 17.0 Å². The van der Waals surface area contributed by atoms with Crippen molar-refractivity contribution in [3.05, 3.63) is 108 Å². The molecule has 0 saturated heterocycles. The number of hydrogen-bond acceptors (Lipinski definition) is 11. The molecule has 0 bridgehead atoms. The topological polar surface area (TPSA) is 96.1 Å². The molecular weight excluding hydrogens is 908 g/mol. The zero-order valence-electron chi connectivity index (χ0n) is 30.0. The van der Waals surface area contributed by atoms with E-state index in [9.17, 15) is 27.5 Å². The summed E-state index contributed by atoms with van der Waals surface area (Å²) < 4.78 is 70.3. The van der Waals surface area contributed by atoms with E-state index >= 15 is 0 Å². The molecule has 10 nitrogen and oxygen atoms in total. The predicted molar refractivity (Wildman–Crippen MR) is 213 cm³/mol. The van der Waals surface area contributed by atoms with Crippen LogP contribution in [0, 0.1) is 0 Å². The Labute approximate surface area is 351 Å². The van der Waals surface area contributed by atoms with Gasteiger partial charge in [-0.3, -0.25) is 9.79 Å². The van der Waals surface area contributed by atoms with E-state index in [1.54, 1.807) is 49.9 Å². The molecule has 0 fully saturated rings. The number of carbonyl (C=O) groups is 1. The molecule has 18 heteroatoms. The molecule has 1 N–H and O–H groups in total. The Morgan fingerprint density at radius 3 is 1.88 bits per heavy atom. The molecule has 1 unspecified atom stereocenters. The highest BCUT2D eigenvalue weighted by atomic mass is 79.9. The first kappa shape index (κ1) is 44.7. The van der Waals surface area contributed by atoms with E-state index in [1.807, 2.05) is 58.0 Å². The Morgan fingerprint density at radius 1 is 0.821 bits per heavy atom. The molecular formula is C38H38Br2F4N4O6S2. The second-order valence-electron chi connectivity index (χ2n) is 11.9. The summed E-state index contributed by atoms with van der Waals surface area (Å²) >= 11 is 3.28. The van der Waals surface area contributed by atoms with E-state index in [0.29, 0.717) is 30.8 Å². The summed E-state index contributed by atoms with van der Waals surface area (Å²) in [6, 6.07) is 26.9. The quantitative estimate of drug-likeness (QED) is 0.122. The Balaban J connectivity index is 0.000000240. The Bertz CT molecular complexity index is 1970. The molecule has 3 heterocycles. The number of β-amino-alcohol motifs (C(OH)–C–C–N with tert-alkyl or cyclic N) is 1. The van der Waals surface area contributed by atoms with Crippen molar-refractivity contribution < 1.29 is 68.0 Å². The molecule has 0 amide bonds. The summed E-state index contributed by atoms with van der Waals surface area (Å²) in [6.07, 6.45) is 0. The largest absolute Gasteiger partial charge is 1.00 e. The number of nitrogens with zero attached hydrogens (tertiary/aromatic N) is 4. The van der Waals surface area contributed by atoms with Gasteiger partial charge in [0.2, 0.25) is 0 Å². The lowest BCUT2D eigenvalue weighted by atomic mass is 10.0. The minimum Gasteiger partial charge on any atom is -1.00 e. The third kappa shape index (κ3) is 10.7. The average molecular weight is 947 g/mol. The van der Waals surface area contributed by atoms with Crippen LogP contribution < -0.4 is 45.7 Å². The number of thioether (sulfide) groups is 2. The molecule has 4 aromatic rings. The van der Waals surface area contributed by atoms with Crippen LogP contribution in [0.2, 0.25) is 0 Å². The lowest BCUT2D eigenvalue weighted by Gasteiger charge is -2.23. The maximum absolute atomic E-state index is 12.7. The molecule has 56 heavy (non-hydrogen) atoms. The average Bonchev–Trinajstić information content (AvgIpc) is 3.95. The van der Waals surface area contributed by atoms with Gasteiger partial charge < -0.3 is 45.9 Å². The molecule has 300 valence electrons. The summed E-state index contributed by atoms with van der Waals surface area (Å²) in [6.45, 7) is -3.91. The maximum atomic E-state index is 12.7. The highest BCUT2D eigenvalue weighted by Crippen LogP contribution is 2.39. The van der Waals surface area contributed by atoms with Crippen LogP contribution in [0.3, 0.4) is 0 Å². The molecule has 7 rings (SSSR count). The standard InChI is InChI=1S/C19H19F2N2O3S.C19H18F2N2O3S.2BrH/c1-25-15-8-4-14(5-9-15)22-12-19(24,23-10-11-27-18(22)23)13-2-6-16(7-3-13)26-17(20)21;1-25-15-8-4-14(5-9-15)23(19-22-10-11-27-19)12-17(24)13-2-6-16(7-3-13)26-18(20)21;;/h2-9,17,24H,10-12H2,1H3;2-9,18H,10-12H2,1H3;2*1H/q+1;;;/p-1. The first-order valence-electron chi connectivity index (χ1n) is 16.7. The van der Waals surface area contributed by atoms with Crippen LogP contribution in [0.1, 0.15) is 15.9 Å². The number of rotatable bonds is 12. The van der Waals surface area contributed by atoms with Crippen LogP contribution in [-0.2, 0) is 5.72 Å². The highest BCUT2D eigenvalue weighted by Gasteiger charge is 2.54. The van der Waals surface area contributed by atoms with Crippen molar-refractivity contribution in [3.8, 4) is 23.0 Å². The molecule has 1 atom stereocenters. The Hall–Kier alpha value is -3.97. The summed E-state index contributed by atoms with van der Waals surface area (Å²) in [4.78, 5) is 21.1. The van der Waals surface area contributed by atoms with Crippen molar-refractivity contribution in [1.82, 2.24) is 0 Å². The zero-order valence-corrected chi connectivity index (χ0v) is 35.0. The monoisotopic (exact) mass is 944 g/mol. The number of ketones is 1. The van der Waals surface area contributed by atoms with Gasteiger partial charge >= 0.3 is 18.4 Å². The van der Waals surface area contributed by atoms with Gasteiger partial charge in [0.05, 0.1) is 33.9 Å². The number of alkyl halides is 4. The fraction of sp³-hybridized carbons (Fsp3) is 0.289. The van der Waals surface area contributed by atoms with Crippen LogP contribution in [0.25, 0.3) is 0 Å². The van der Waals surface area contributed by atoms with Crippen molar-refractivity contribution in [2.45, 2.75) is 18.9 Å². The number of anilines is 2. The number of halogens is 6. The highest BCUT2D eigenvalue weighted by molar-refractivity contribution is 8.93. The van der Waals surface area contributed by atoms with Crippen molar-refractivity contribution in [2.75, 3.05) is 61.7 Å². The molecule has 4 aromatic carbocycles. The van der Waals surface area contributed by atoms with Crippen LogP contribution in [0.4, 0.5) is 28.9 Å². The van der Waals surface area contributed by atoms with Gasteiger partial charge in [0, 0.05) is 28.3 Å². The van der Waals surface area contributed by atoms with Gasteiger partial charge in [0.15, 0.2) is 17.5 Å². The fourth-order valence-electron chi connectivity index (χ4n) is 6.03. The lowest BCUT2D eigenvalue weighted by Crippen LogP contribution is -3.00. The minimum absolute atomic E-state index is 0. The van der Waals surface area contributed by atoms with Crippen LogP contribution >= 0.6 is 40.5 Å². The Kier molecular flexibility index (Phi) is 16.3. The zero-order chi connectivity index (χ0) is 38.2. The van der Waals surface area contributed by atoms with Crippen molar-refractivity contribution in [1.29, 1.82) is 0 Å². The van der Waals surface area contributed by atoms with E-state index in [4.69, 9.17) is 9.47 Å². The van der Waals surface area contributed by atoms with E-state index in [-0.39, 0.29) is 57.8 Å². The molecule has 0 radical (unpaired) electrons. The summed E-state index contributed by atoms with van der Waals surface area (Å²) in [7, 11) is 3.21. The molecule has 3 aliphatic heterocycles. The number of Topliss-reactive ketones (excluding diaryl/α,β-unsaturated/α-hetero) is 1. The van der Waals surface area contributed by atoms with E-state index < -0.39 is 18.9 Å². The van der Waals surface area contributed by atoms with E-state index in [2.05, 4.69) is 19.4 Å². The number of hydrogen-bond donors (Lipinski definition) is 1. The summed E-state index contributed by atoms with van der Waals surface area (Å²) in [5.74, 6) is 3.17. The number of aliphatic imine (C=N–C) groups is 1. The fourth-order valence-corrected chi connectivity index (χ4v) is 8.09. The van der Waals surface area contributed by atoms with Gasteiger partial charge in [-0.2, -0.15) is 17.6 Å². The number of methoxy groups -OCH3 is 2. The lowest BCUT2D eigenvalue weighted by molar-refractivity contribution is -0.650. The molecule has 0 aromatic heterocycles. The number of aliphatic hydroxyl groups is 1. The maximum Gasteiger partial charge on any atom is 0.387 e. The first-order chi connectivity index (χ1) is 26.1. The number of amidine groups is 2. The van der Waals surface area contributed by atoms with Crippen molar-refractivity contribution >= 4 is 68.0 Å². The van der Waals surface area contributed by atoms with Gasteiger partial charge in [-0.1, -0.05) is 11.8 Å². The van der Waals surface area contributed by atoms with E-state index in [1.165, 1.54) is 36.4 Å². The second-order valence-corrected chi connectivity index (χ2v) is 14.0. The van der Waals surface area contributed by atoms with Crippen molar-refractivity contribution in [3.63, 3.8) is 0 Å². The normalized spacial score (nSPS) is 16.9. The smallest absolute Gasteiger partial charge is 0.387 e. The van der Waals surface area contributed by atoms with Gasteiger partial charge in [0.25, 0.3) is 5.72 Å². The van der Waals surface area contributed by atoms with Gasteiger partial charge in [-0.25, -0.2) is 9.48 Å². The van der Waals surface area contributed by atoms with E-state index in [0.717, 1.165) is 44.7 Å². The van der Waals surface area contributed by atoms with Crippen LogP contribution in [0.15, 0.2) is 102 Å². The minimum atomic E-state index is -2.89. The SMILES string of the molecule is Br.COc1ccc(N(CC(=O)c2ccc(OC(F)F)cc2)C2=NCCS2)cc1.COc1ccc(N2CC(O)(c3ccc(OC(F)F)cc3)[N+]3=C2SCC3)cc1.[Br-]. The second kappa shape index (κ2) is 20.5. The predicted octanol–water partition coefficient (Wildman–Crippen LogP) is 4.75. The number of carbonyl (C=O) groups excluding carboxylic acids is 1. The summed E-state index contributed by atoms with van der Waals surface area (Å²) in [5, 5.41) is 13.2. The number of ether oxygens (including phenoxy) is 4. The van der Waals surface area contributed by atoms with Crippen LogP contribution in [0.5, 0.6) is 23.0 Å².